The van der Waals surface area contributed by atoms with Crippen LogP contribution in [0, 0.1) is 18.8 Å². The monoisotopic (exact) mass is 284 g/mol. The zero-order valence-electron chi connectivity index (χ0n) is 12.2. The Bertz CT molecular complexity index is 615. The van der Waals surface area contributed by atoms with Crippen LogP contribution in [0.2, 0.25) is 0 Å². The fourth-order valence-corrected chi connectivity index (χ4v) is 3.20. The highest BCUT2D eigenvalue weighted by Gasteiger charge is 2.41. The van der Waals surface area contributed by atoms with Crippen LogP contribution in [-0.4, -0.2) is 30.7 Å². The molecule has 2 aliphatic heterocycles. The lowest BCUT2D eigenvalue weighted by molar-refractivity contribution is 0.0840. The van der Waals surface area contributed by atoms with E-state index in [-0.39, 0.29) is 18.1 Å². The quantitative estimate of drug-likeness (QED) is 0.806. The van der Waals surface area contributed by atoms with Crippen LogP contribution in [0.25, 0.3) is 0 Å². The molecule has 2 aliphatic rings. The van der Waals surface area contributed by atoms with Crippen molar-refractivity contribution in [3.63, 3.8) is 0 Å². The van der Waals surface area contributed by atoms with E-state index in [1.807, 2.05) is 25.1 Å². The van der Waals surface area contributed by atoms with Crippen molar-refractivity contribution in [3.8, 4) is 11.8 Å². The standard InChI is InChI=1S/C17H20N2O2/c1-11-12(5-3-9-18)4-2-6-14(11)17(20)19-15-10-13-7-8-16(15)21-13/h2,4,6,13,15-16H,7-10,18H2,1H3,(H,19,20). The normalized spacial score (nSPS) is 26.3. The summed E-state index contributed by atoms with van der Waals surface area (Å²) in [5, 5.41) is 3.11. The molecule has 0 aromatic heterocycles. The van der Waals surface area contributed by atoms with Crippen LogP contribution in [0.15, 0.2) is 18.2 Å². The SMILES string of the molecule is Cc1c(C#CCN)cccc1C(=O)NC1CC2CCC1O2. The molecule has 2 fully saturated rings. The Labute approximate surface area is 125 Å². The van der Waals surface area contributed by atoms with Crippen LogP contribution in [0.3, 0.4) is 0 Å². The molecule has 2 heterocycles. The second-order valence-electron chi connectivity index (χ2n) is 5.67. The molecular weight excluding hydrogens is 264 g/mol. The maximum atomic E-state index is 12.5. The van der Waals surface area contributed by atoms with E-state index >= 15 is 0 Å². The summed E-state index contributed by atoms with van der Waals surface area (Å²) in [7, 11) is 0. The molecule has 3 N–H and O–H groups in total. The van der Waals surface area contributed by atoms with Crippen molar-refractivity contribution in [3.05, 3.63) is 34.9 Å². The molecule has 0 radical (unpaired) electrons. The van der Waals surface area contributed by atoms with Gasteiger partial charge < -0.3 is 15.8 Å². The van der Waals surface area contributed by atoms with E-state index in [2.05, 4.69) is 17.2 Å². The van der Waals surface area contributed by atoms with Gasteiger partial charge in [0.2, 0.25) is 0 Å². The Morgan fingerprint density at radius 2 is 2.33 bits per heavy atom. The maximum Gasteiger partial charge on any atom is 0.251 e. The minimum Gasteiger partial charge on any atom is -0.373 e. The molecule has 2 bridgehead atoms. The summed E-state index contributed by atoms with van der Waals surface area (Å²) < 4.78 is 5.78. The van der Waals surface area contributed by atoms with Gasteiger partial charge in [0.25, 0.3) is 5.91 Å². The molecule has 0 spiro atoms. The van der Waals surface area contributed by atoms with Crippen molar-refractivity contribution < 1.29 is 9.53 Å². The smallest absolute Gasteiger partial charge is 0.251 e. The third-order valence-corrected chi connectivity index (χ3v) is 4.33. The summed E-state index contributed by atoms with van der Waals surface area (Å²) in [6.07, 6.45) is 3.64. The first-order chi connectivity index (χ1) is 10.2. The third kappa shape index (κ3) is 2.80. The van der Waals surface area contributed by atoms with Crippen molar-refractivity contribution in [1.82, 2.24) is 5.32 Å². The summed E-state index contributed by atoms with van der Waals surface area (Å²) in [6, 6.07) is 5.76. The zero-order valence-corrected chi connectivity index (χ0v) is 12.2. The molecule has 4 nitrogen and oxygen atoms in total. The number of carbonyl (C=O) groups excluding carboxylic acids is 1. The van der Waals surface area contributed by atoms with Crippen LogP contribution in [0.4, 0.5) is 0 Å². The van der Waals surface area contributed by atoms with Crippen LogP contribution in [0.5, 0.6) is 0 Å². The largest absolute Gasteiger partial charge is 0.373 e. The molecule has 110 valence electrons. The number of rotatable bonds is 2. The molecular formula is C17H20N2O2. The highest BCUT2D eigenvalue weighted by molar-refractivity contribution is 5.96. The highest BCUT2D eigenvalue weighted by Crippen LogP contribution is 2.34. The maximum absolute atomic E-state index is 12.5. The molecule has 3 atom stereocenters. The molecule has 2 saturated heterocycles. The Morgan fingerprint density at radius 3 is 3.00 bits per heavy atom. The minimum atomic E-state index is -0.0370. The third-order valence-electron chi connectivity index (χ3n) is 4.33. The zero-order chi connectivity index (χ0) is 14.8. The predicted molar refractivity (Wildman–Crippen MR) is 80.9 cm³/mol. The topological polar surface area (TPSA) is 64.4 Å². The van der Waals surface area contributed by atoms with Crippen LogP contribution < -0.4 is 11.1 Å². The van der Waals surface area contributed by atoms with E-state index in [0.717, 1.165) is 30.4 Å². The van der Waals surface area contributed by atoms with Gasteiger partial charge in [0.1, 0.15) is 0 Å². The van der Waals surface area contributed by atoms with E-state index in [0.29, 0.717) is 18.2 Å². The highest BCUT2D eigenvalue weighted by atomic mass is 16.5. The molecule has 0 aliphatic carbocycles. The van der Waals surface area contributed by atoms with E-state index in [1.165, 1.54) is 0 Å². The van der Waals surface area contributed by atoms with Crippen molar-refractivity contribution in [1.29, 1.82) is 0 Å². The van der Waals surface area contributed by atoms with Gasteiger partial charge in [-0.2, -0.15) is 0 Å². The second-order valence-corrected chi connectivity index (χ2v) is 5.67. The number of fused-ring (bicyclic) bond motifs is 2. The van der Waals surface area contributed by atoms with Crippen molar-refractivity contribution in [2.75, 3.05) is 6.54 Å². The number of nitrogens with two attached hydrogens (primary N) is 1. The van der Waals surface area contributed by atoms with Crippen molar-refractivity contribution in [2.45, 2.75) is 44.4 Å². The first-order valence-corrected chi connectivity index (χ1v) is 7.44. The average Bonchev–Trinajstić information content (AvgIpc) is 3.08. The minimum absolute atomic E-state index is 0.0370. The predicted octanol–water partition coefficient (Wildman–Crippen LogP) is 1.35. The molecule has 0 saturated carbocycles. The van der Waals surface area contributed by atoms with E-state index in [1.54, 1.807) is 0 Å². The van der Waals surface area contributed by atoms with Crippen LogP contribution in [-0.2, 0) is 4.74 Å². The lowest BCUT2D eigenvalue weighted by Crippen LogP contribution is -2.41. The molecule has 3 unspecified atom stereocenters. The Morgan fingerprint density at radius 1 is 1.48 bits per heavy atom. The van der Waals surface area contributed by atoms with Gasteiger partial charge in [-0.25, -0.2) is 0 Å². The molecule has 4 heteroatoms. The summed E-state index contributed by atoms with van der Waals surface area (Å²) in [5.41, 5.74) is 7.84. The van der Waals surface area contributed by atoms with E-state index in [9.17, 15) is 4.79 Å². The van der Waals surface area contributed by atoms with Gasteiger partial charge in [0.15, 0.2) is 0 Å². The summed E-state index contributed by atoms with van der Waals surface area (Å²) >= 11 is 0. The number of benzene rings is 1. The Balaban J connectivity index is 1.75. The second kappa shape index (κ2) is 5.88. The first kappa shape index (κ1) is 14.1. The van der Waals surface area contributed by atoms with E-state index < -0.39 is 0 Å². The van der Waals surface area contributed by atoms with Gasteiger partial charge in [-0.3, -0.25) is 4.79 Å². The van der Waals surface area contributed by atoms with Gasteiger partial charge >= 0.3 is 0 Å². The van der Waals surface area contributed by atoms with Gasteiger partial charge in [0, 0.05) is 11.1 Å². The number of hydrogen-bond acceptors (Lipinski definition) is 3. The fourth-order valence-electron chi connectivity index (χ4n) is 3.20. The average molecular weight is 284 g/mol. The first-order valence-electron chi connectivity index (χ1n) is 7.44. The van der Waals surface area contributed by atoms with Crippen molar-refractivity contribution >= 4 is 5.91 Å². The Kier molecular flexibility index (Phi) is 3.96. The molecule has 1 aromatic carbocycles. The summed E-state index contributed by atoms with van der Waals surface area (Å²) in [6.45, 7) is 2.24. The molecule has 1 amide bonds. The number of carbonyl (C=O) groups is 1. The summed E-state index contributed by atoms with van der Waals surface area (Å²) in [5.74, 6) is 5.80. The lowest BCUT2D eigenvalue weighted by atomic mass is 9.94. The molecule has 1 aromatic rings. The number of nitrogens with one attached hydrogen (secondary N) is 1. The van der Waals surface area contributed by atoms with Gasteiger partial charge in [-0.15, -0.1) is 0 Å². The Hall–Kier alpha value is -1.83. The summed E-state index contributed by atoms with van der Waals surface area (Å²) in [4.78, 5) is 12.5. The van der Waals surface area contributed by atoms with Gasteiger partial charge in [-0.05, 0) is 43.9 Å². The van der Waals surface area contributed by atoms with Gasteiger partial charge in [0.05, 0.1) is 24.8 Å². The van der Waals surface area contributed by atoms with E-state index in [4.69, 9.17) is 10.5 Å². The van der Waals surface area contributed by atoms with Crippen LogP contribution in [0.1, 0.15) is 40.7 Å². The van der Waals surface area contributed by atoms with Gasteiger partial charge in [-0.1, -0.05) is 17.9 Å². The van der Waals surface area contributed by atoms with Crippen molar-refractivity contribution in [2.24, 2.45) is 5.73 Å². The fraction of sp³-hybridized carbons (Fsp3) is 0.471. The molecule has 21 heavy (non-hydrogen) atoms. The number of hydrogen-bond donors (Lipinski definition) is 2. The molecule has 3 rings (SSSR count). The van der Waals surface area contributed by atoms with Crippen LogP contribution >= 0.6 is 0 Å². The lowest BCUT2D eigenvalue weighted by Gasteiger charge is -2.20. The number of amides is 1. The number of ether oxygens (including phenoxy) is 1.